The maximum absolute atomic E-state index is 13.4. The highest BCUT2D eigenvalue weighted by molar-refractivity contribution is 6.06. The van der Waals surface area contributed by atoms with Gasteiger partial charge < -0.3 is 14.6 Å². The maximum Gasteiger partial charge on any atom is 0.260 e. The highest BCUT2D eigenvalue weighted by Crippen LogP contribution is 2.30. The average molecular weight is 399 g/mol. The highest BCUT2D eigenvalue weighted by atomic mass is 16.5. The fourth-order valence-corrected chi connectivity index (χ4v) is 3.42. The lowest BCUT2D eigenvalue weighted by Gasteiger charge is -2.24. The molecule has 0 aliphatic heterocycles. The molecular weight excluding hydrogens is 378 g/mol. The summed E-state index contributed by atoms with van der Waals surface area (Å²) < 4.78 is 5.47. The second-order valence-electron chi connectivity index (χ2n) is 7.02. The number of hydrogen-bond acceptors (Lipinski definition) is 4. The largest absolute Gasteiger partial charge is 0.495 e. The van der Waals surface area contributed by atoms with E-state index in [1.54, 1.807) is 42.5 Å². The number of aromatic nitrogens is 2. The number of rotatable bonds is 5. The number of nitrogens with zero attached hydrogens (tertiary/aromatic N) is 2. The first-order chi connectivity index (χ1) is 14.6. The molecule has 0 radical (unpaired) electrons. The minimum absolute atomic E-state index is 0.0906. The number of fused-ring (bicyclic) bond motifs is 1. The van der Waals surface area contributed by atoms with E-state index in [1.807, 2.05) is 43.3 Å². The van der Waals surface area contributed by atoms with E-state index in [9.17, 15) is 9.59 Å². The molecule has 4 rings (SSSR count). The molecule has 4 aromatic rings. The van der Waals surface area contributed by atoms with Gasteiger partial charge in [0.05, 0.1) is 24.9 Å². The third kappa shape index (κ3) is 3.80. The van der Waals surface area contributed by atoms with E-state index >= 15 is 0 Å². The minimum Gasteiger partial charge on any atom is -0.495 e. The smallest absolute Gasteiger partial charge is 0.260 e. The summed E-state index contributed by atoms with van der Waals surface area (Å²) in [4.78, 5) is 34.6. The molecule has 0 fully saturated rings. The van der Waals surface area contributed by atoms with Crippen molar-refractivity contribution in [2.45, 2.75) is 13.5 Å². The Morgan fingerprint density at radius 2 is 1.93 bits per heavy atom. The number of methoxy groups -OCH3 is 1. The van der Waals surface area contributed by atoms with Gasteiger partial charge in [-0.05, 0) is 54.8 Å². The molecule has 0 saturated heterocycles. The number of carbonyl (C=O) groups excluding carboxylic acids is 1. The summed E-state index contributed by atoms with van der Waals surface area (Å²) in [6.07, 6.45) is 3.12. The summed E-state index contributed by atoms with van der Waals surface area (Å²) in [6, 6.07) is 18.3. The van der Waals surface area contributed by atoms with Crippen LogP contribution in [0.4, 0.5) is 5.69 Å². The van der Waals surface area contributed by atoms with Crippen molar-refractivity contribution in [2.75, 3.05) is 12.0 Å². The number of carbonyl (C=O) groups is 1. The molecule has 0 aliphatic rings. The van der Waals surface area contributed by atoms with Crippen molar-refractivity contribution < 1.29 is 9.53 Å². The Morgan fingerprint density at radius 3 is 2.70 bits per heavy atom. The van der Waals surface area contributed by atoms with Gasteiger partial charge in [-0.25, -0.2) is 0 Å². The van der Waals surface area contributed by atoms with Crippen LogP contribution in [0.15, 0.2) is 77.9 Å². The van der Waals surface area contributed by atoms with Gasteiger partial charge in [0.1, 0.15) is 5.75 Å². The van der Waals surface area contributed by atoms with E-state index in [2.05, 4.69) is 9.97 Å². The first-order valence-electron chi connectivity index (χ1n) is 9.54. The van der Waals surface area contributed by atoms with Gasteiger partial charge in [-0.1, -0.05) is 23.8 Å². The Bertz CT molecular complexity index is 1270. The second kappa shape index (κ2) is 8.21. The molecule has 0 atom stereocenters. The first kappa shape index (κ1) is 19.4. The molecule has 6 nitrogen and oxygen atoms in total. The van der Waals surface area contributed by atoms with Crippen LogP contribution in [0.1, 0.15) is 21.5 Å². The van der Waals surface area contributed by atoms with Gasteiger partial charge in [0.15, 0.2) is 0 Å². The normalized spacial score (nSPS) is 10.7. The van der Waals surface area contributed by atoms with Gasteiger partial charge in [0.2, 0.25) is 0 Å². The Labute approximate surface area is 173 Å². The van der Waals surface area contributed by atoms with E-state index < -0.39 is 0 Å². The van der Waals surface area contributed by atoms with Crippen LogP contribution in [-0.2, 0) is 6.54 Å². The van der Waals surface area contributed by atoms with Crippen molar-refractivity contribution in [3.63, 3.8) is 0 Å². The fourth-order valence-electron chi connectivity index (χ4n) is 3.42. The number of benzene rings is 2. The predicted octanol–water partition coefficient (Wildman–Crippen LogP) is 4.09. The lowest BCUT2D eigenvalue weighted by molar-refractivity contribution is 0.0984. The Hall–Kier alpha value is -3.93. The van der Waals surface area contributed by atoms with Gasteiger partial charge in [0.25, 0.3) is 11.5 Å². The molecule has 1 N–H and O–H groups in total. The zero-order valence-electron chi connectivity index (χ0n) is 16.8. The van der Waals surface area contributed by atoms with Crippen LogP contribution < -0.4 is 15.2 Å². The molecule has 1 amide bonds. The molecule has 0 bridgehead atoms. The first-order valence-corrected chi connectivity index (χ1v) is 9.54. The molecule has 0 spiro atoms. The van der Waals surface area contributed by atoms with E-state index in [1.165, 1.54) is 6.20 Å². The van der Waals surface area contributed by atoms with Gasteiger partial charge in [0, 0.05) is 23.5 Å². The molecule has 2 heterocycles. The number of hydrogen-bond donors (Lipinski definition) is 1. The third-order valence-electron chi connectivity index (χ3n) is 4.93. The minimum atomic E-state index is -0.267. The Kier molecular flexibility index (Phi) is 5.30. The van der Waals surface area contributed by atoms with Gasteiger partial charge in [-0.2, -0.15) is 0 Å². The molecular formula is C24H21N3O3. The average Bonchev–Trinajstić information content (AvgIpc) is 2.78. The third-order valence-corrected chi connectivity index (χ3v) is 4.93. The number of aromatic amines is 1. The number of amides is 1. The Morgan fingerprint density at radius 1 is 1.10 bits per heavy atom. The molecule has 0 unspecified atom stereocenters. The lowest BCUT2D eigenvalue weighted by Crippen LogP contribution is -2.33. The maximum atomic E-state index is 13.4. The molecule has 0 aliphatic carbocycles. The standard InChI is InChI=1S/C24H21N3O3/c1-16-9-10-20-18(12-16)13-19(23(28)26-20)15-27(21-7-3-4-8-22(21)30-2)24(29)17-6-5-11-25-14-17/h3-14H,15H2,1-2H3,(H,26,28). The van der Waals surface area contributed by atoms with Crippen LogP contribution in [0.25, 0.3) is 10.9 Å². The summed E-state index contributed by atoms with van der Waals surface area (Å²) in [5.41, 5.74) is 3.11. The van der Waals surface area contributed by atoms with E-state index in [0.29, 0.717) is 22.6 Å². The van der Waals surface area contributed by atoms with Crippen LogP contribution in [0.5, 0.6) is 5.75 Å². The number of anilines is 1. The van der Waals surface area contributed by atoms with Gasteiger partial charge >= 0.3 is 0 Å². The number of ether oxygens (including phenoxy) is 1. The zero-order chi connectivity index (χ0) is 21.1. The van der Waals surface area contributed by atoms with Crippen LogP contribution in [0, 0.1) is 6.92 Å². The Balaban J connectivity index is 1.82. The van der Waals surface area contributed by atoms with Crippen molar-refractivity contribution in [1.82, 2.24) is 9.97 Å². The van der Waals surface area contributed by atoms with E-state index in [0.717, 1.165) is 16.5 Å². The SMILES string of the molecule is COc1ccccc1N(Cc1cc2cc(C)ccc2[nH]c1=O)C(=O)c1cccnc1. The van der Waals surface area contributed by atoms with Crippen molar-refractivity contribution in [2.24, 2.45) is 0 Å². The summed E-state index contributed by atoms with van der Waals surface area (Å²) in [5.74, 6) is 0.277. The molecule has 2 aromatic heterocycles. The van der Waals surface area contributed by atoms with Gasteiger partial charge in [-0.3, -0.25) is 14.6 Å². The molecule has 150 valence electrons. The summed E-state index contributed by atoms with van der Waals surface area (Å²) in [5, 5.41) is 0.915. The van der Waals surface area contributed by atoms with Crippen LogP contribution in [0.2, 0.25) is 0 Å². The van der Waals surface area contributed by atoms with Crippen LogP contribution >= 0.6 is 0 Å². The topological polar surface area (TPSA) is 75.3 Å². The van der Waals surface area contributed by atoms with E-state index in [-0.39, 0.29) is 18.0 Å². The van der Waals surface area contributed by atoms with E-state index in [4.69, 9.17) is 4.74 Å². The molecule has 30 heavy (non-hydrogen) atoms. The van der Waals surface area contributed by atoms with Gasteiger partial charge in [-0.15, -0.1) is 0 Å². The monoisotopic (exact) mass is 399 g/mol. The highest BCUT2D eigenvalue weighted by Gasteiger charge is 2.22. The van der Waals surface area contributed by atoms with Crippen molar-refractivity contribution in [1.29, 1.82) is 0 Å². The number of pyridine rings is 2. The van der Waals surface area contributed by atoms with Crippen molar-refractivity contribution in [3.05, 3.63) is 100 Å². The second-order valence-corrected chi connectivity index (χ2v) is 7.02. The summed E-state index contributed by atoms with van der Waals surface area (Å²) >= 11 is 0. The van der Waals surface area contributed by atoms with Crippen LogP contribution in [0.3, 0.4) is 0 Å². The number of H-pyrrole nitrogens is 1. The van der Waals surface area contributed by atoms with Crippen molar-refractivity contribution in [3.8, 4) is 5.75 Å². The summed E-state index contributed by atoms with van der Waals surface area (Å²) in [7, 11) is 1.55. The molecule has 0 saturated carbocycles. The quantitative estimate of drug-likeness (QED) is 0.549. The number of nitrogens with one attached hydrogen (secondary N) is 1. The number of para-hydroxylation sites is 2. The summed E-state index contributed by atoms with van der Waals surface area (Å²) in [6.45, 7) is 2.09. The zero-order valence-corrected chi connectivity index (χ0v) is 16.8. The lowest BCUT2D eigenvalue weighted by atomic mass is 10.1. The fraction of sp³-hybridized carbons (Fsp3) is 0.125. The van der Waals surface area contributed by atoms with Crippen LogP contribution in [-0.4, -0.2) is 23.0 Å². The molecule has 2 aromatic carbocycles. The number of aryl methyl sites for hydroxylation is 1. The van der Waals surface area contributed by atoms with Crippen molar-refractivity contribution >= 4 is 22.5 Å². The molecule has 6 heteroatoms. The predicted molar refractivity (Wildman–Crippen MR) is 117 cm³/mol.